The van der Waals surface area contributed by atoms with E-state index in [1.54, 1.807) is 6.20 Å². The lowest BCUT2D eigenvalue weighted by Gasteiger charge is -2.38. The van der Waals surface area contributed by atoms with Gasteiger partial charge in [-0.1, -0.05) is 47.5 Å². The van der Waals surface area contributed by atoms with Gasteiger partial charge < -0.3 is 14.7 Å². The van der Waals surface area contributed by atoms with Crippen LogP contribution in [-0.2, 0) is 12.2 Å². The van der Waals surface area contributed by atoms with Crippen LogP contribution in [0, 0.1) is 0 Å². The van der Waals surface area contributed by atoms with Crippen LogP contribution < -0.4 is 4.74 Å². The molecule has 2 aliphatic rings. The molecule has 0 amide bonds. The summed E-state index contributed by atoms with van der Waals surface area (Å²) in [5.74, 6) is 0.828. The number of benzene rings is 2. The molecule has 1 fully saturated rings. The second kappa shape index (κ2) is 9.47. The zero-order chi connectivity index (χ0) is 22.8. The molecule has 4 nitrogen and oxygen atoms in total. The molecular formula is C27H26Cl2N2O2. The highest BCUT2D eigenvalue weighted by molar-refractivity contribution is 6.31. The maximum Gasteiger partial charge on any atom is 0.131 e. The van der Waals surface area contributed by atoms with Crippen molar-refractivity contribution < 1.29 is 9.84 Å². The minimum absolute atomic E-state index is 0.442. The van der Waals surface area contributed by atoms with E-state index in [2.05, 4.69) is 22.0 Å². The predicted molar refractivity (Wildman–Crippen MR) is 133 cm³/mol. The van der Waals surface area contributed by atoms with Gasteiger partial charge >= 0.3 is 0 Å². The molecule has 5 rings (SSSR count). The summed E-state index contributed by atoms with van der Waals surface area (Å²) in [7, 11) is 0. The molecule has 0 saturated carbocycles. The van der Waals surface area contributed by atoms with Crippen LogP contribution in [0.25, 0.3) is 5.57 Å². The van der Waals surface area contributed by atoms with Crippen molar-refractivity contribution in [3.63, 3.8) is 0 Å². The number of hydrogen-bond acceptors (Lipinski definition) is 4. The van der Waals surface area contributed by atoms with E-state index in [1.807, 2.05) is 48.5 Å². The molecule has 6 heteroatoms. The van der Waals surface area contributed by atoms with Crippen molar-refractivity contribution in [2.24, 2.45) is 0 Å². The van der Waals surface area contributed by atoms with Crippen molar-refractivity contribution in [3.05, 3.63) is 99.3 Å². The number of hydrogen-bond donors (Lipinski definition) is 1. The Morgan fingerprint density at radius 1 is 1.00 bits per heavy atom. The minimum Gasteiger partial charge on any atom is -0.487 e. The summed E-state index contributed by atoms with van der Waals surface area (Å²) in [6, 6.07) is 17.4. The van der Waals surface area contributed by atoms with E-state index in [0.717, 1.165) is 59.8 Å². The third-order valence-electron chi connectivity index (χ3n) is 6.64. The average Bonchev–Trinajstić information content (AvgIpc) is 2.98. The van der Waals surface area contributed by atoms with Gasteiger partial charge in [0.05, 0.1) is 11.3 Å². The summed E-state index contributed by atoms with van der Waals surface area (Å²) in [5, 5.41) is 12.5. The van der Waals surface area contributed by atoms with E-state index >= 15 is 0 Å². The van der Waals surface area contributed by atoms with E-state index in [0.29, 0.717) is 29.5 Å². The Kier molecular flexibility index (Phi) is 6.44. The number of ether oxygens (including phenoxy) is 1. The van der Waals surface area contributed by atoms with Gasteiger partial charge in [0.15, 0.2) is 0 Å². The fourth-order valence-electron chi connectivity index (χ4n) is 4.73. The number of aliphatic hydroxyl groups is 1. The van der Waals surface area contributed by atoms with Crippen LogP contribution in [-0.4, -0.2) is 34.6 Å². The summed E-state index contributed by atoms with van der Waals surface area (Å²) >= 11 is 12.3. The molecule has 3 heterocycles. The fourth-order valence-corrected chi connectivity index (χ4v) is 5.03. The van der Waals surface area contributed by atoms with Crippen molar-refractivity contribution in [2.45, 2.75) is 31.5 Å². The first kappa shape index (κ1) is 22.4. The van der Waals surface area contributed by atoms with Crippen LogP contribution in [0.2, 0.25) is 10.0 Å². The fraction of sp³-hybridized carbons (Fsp3) is 0.296. The van der Waals surface area contributed by atoms with Gasteiger partial charge in [-0.15, -0.1) is 0 Å². The molecular weight excluding hydrogens is 455 g/mol. The van der Waals surface area contributed by atoms with Crippen molar-refractivity contribution in [1.82, 2.24) is 9.88 Å². The van der Waals surface area contributed by atoms with Crippen LogP contribution in [0.4, 0.5) is 0 Å². The number of piperidine rings is 1. The Morgan fingerprint density at radius 2 is 1.76 bits per heavy atom. The molecule has 2 aromatic carbocycles. The van der Waals surface area contributed by atoms with Crippen LogP contribution in [0.15, 0.2) is 66.9 Å². The molecule has 33 heavy (non-hydrogen) atoms. The Balaban J connectivity index is 1.30. The Labute approximate surface area is 204 Å². The van der Waals surface area contributed by atoms with E-state index < -0.39 is 5.60 Å². The van der Waals surface area contributed by atoms with E-state index in [4.69, 9.17) is 27.9 Å². The molecule has 1 aromatic heterocycles. The van der Waals surface area contributed by atoms with E-state index in [9.17, 15) is 5.11 Å². The van der Waals surface area contributed by atoms with Gasteiger partial charge in [-0.3, -0.25) is 4.98 Å². The first-order valence-corrected chi connectivity index (χ1v) is 12.1. The number of aromatic nitrogens is 1. The average molecular weight is 481 g/mol. The van der Waals surface area contributed by atoms with Gasteiger partial charge in [-0.2, -0.15) is 0 Å². The molecule has 0 aliphatic carbocycles. The normalized spacial score (nSPS) is 18.8. The molecule has 3 aromatic rings. The Morgan fingerprint density at radius 3 is 2.55 bits per heavy atom. The van der Waals surface area contributed by atoms with Crippen LogP contribution in [0.5, 0.6) is 5.75 Å². The molecule has 1 saturated heterocycles. The number of pyridine rings is 1. The second-order valence-electron chi connectivity index (χ2n) is 8.71. The van der Waals surface area contributed by atoms with Crippen molar-refractivity contribution in [3.8, 4) is 5.75 Å². The molecule has 0 bridgehead atoms. The summed E-state index contributed by atoms with van der Waals surface area (Å²) in [6.45, 7) is 3.07. The molecule has 2 aliphatic heterocycles. The first-order valence-electron chi connectivity index (χ1n) is 11.3. The standard InChI is InChI=1S/C27H26Cl2N2O2/c28-20-7-5-19(6-8-20)27(32)11-15-31(16-12-27)14-2-4-22-23-3-1-13-30-25(23)18-33-26-10-9-21(29)17-24(22)26/h1,3-10,13,17,32H,2,11-12,14-16,18H2. The van der Waals surface area contributed by atoms with Gasteiger partial charge in [-0.25, -0.2) is 0 Å². The third-order valence-corrected chi connectivity index (χ3v) is 7.12. The van der Waals surface area contributed by atoms with Crippen LogP contribution >= 0.6 is 23.2 Å². The summed E-state index contributed by atoms with van der Waals surface area (Å²) in [6.07, 6.45) is 6.38. The Bertz CT molecular complexity index is 1170. The van der Waals surface area contributed by atoms with Gasteiger partial charge in [0.2, 0.25) is 0 Å². The van der Waals surface area contributed by atoms with E-state index in [-0.39, 0.29) is 0 Å². The predicted octanol–water partition coefficient (Wildman–Crippen LogP) is 6.09. The minimum atomic E-state index is -0.779. The third kappa shape index (κ3) is 4.80. The lowest BCUT2D eigenvalue weighted by atomic mass is 9.84. The smallest absolute Gasteiger partial charge is 0.131 e. The van der Waals surface area contributed by atoms with Crippen molar-refractivity contribution in [1.29, 1.82) is 0 Å². The summed E-state index contributed by atoms with van der Waals surface area (Å²) in [5.41, 5.74) is 4.31. The first-order chi connectivity index (χ1) is 16.0. The maximum atomic E-state index is 11.1. The number of fused-ring (bicyclic) bond motifs is 2. The molecule has 0 radical (unpaired) electrons. The van der Waals surface area contributed by atoms with Gasteiger partial charge in [0.25, 0.3) is 0 Å². The zero-order valence-corrected chi connectivity index (χ0v) is 19.8. The Hall–Kier alpha value is -2.37. The van der Waals surface area contributed by atoms with E-state index in [1.165, 1.54) is 0 Å². The molecule has 0 unspecified atom stereocenters. The van der Waals surface area contributed by atoms with Gasteiger partial charge in [0, 0.05) is 47.0 Å². The molecule has 0 atom stereocenters. The highest BCUT2D eigenvalue weighted by atomic mass is 35.5. The van der Waals surface area contributed by atoms with Crippen LogP contribution in [0.3, 0.4) is 0 Å². The highest BCUT2D eigenvalue weighted by Gasteiger charge is 2.33. The lowest BCUT2D eigenvalue weighted by molar-refractivity contribution is -0.0254. The zero-order valence-electron chi connectivity index (χ0n) is 18.3. The van der Waals surface area contributed by atoms with Gasteiger partial charge in [0.1, 0.15) is 12.4 Å². The summed E-state index contributed by atoms with van der Waals surface area (Å²) in [4.78, 5) is 6.95. The van der Waals surface area contributed by atoms with Gasteiger partial charge in [-0.05, 0) is 66.8 Å². The monoisotopic (exact) mass is 480 g/mol. The summed E-state index contributed by atoms with van der Waals surface area (Å²) < 4.78 is 6.02. The van der Waals surface area contributed by atoms with Crippen LogP contribution in [0.1, 0.15) is 41.6 Å². The quantitative estimate of drug-likeness (QED) is 0.490. The maximum absolute atomic E-state index is 11.1. The van der Waals surface area contributed by atoms with Crippen molar-refractivity contribution >= 4 is 28.8 Å². The molecule has 0 spiro atoms. The molecule has 1 N–H and O–H groups in total. The molecule has 170 valence electrons. The topological polar surface area (TPSA) is 45.6 Å². The van der Waals surface area contributed by atoms with Crippen molar-refractivity contribution in [2.75, 3.05) is 19.6 Å². The largest absolute Gasteiger partial charge is 0.487 e. The SMILES string of the molecule is OC1(c2ccc(Cl)cc2)CCN(CCC=C2c3cc(Cl)ccc3OCc3ncccc32)CC1. The highest BCUT2D eigenvalue weighted by Crippen LogP contribution is 2.38. The number of halogens is 2. The second-order valence-corrected chi connectivity index (χ2v) is 9.59. The number of likely N-dealkylation sites (tertiary alicyclic amines) is 1. The number of rotatable bonds is 4. The lowest BCUT2D eigenvalue weighted by Crippen LogP contribution is -2.42. The number of nitrogens with zero attached hydrogens (tertiary/aromatic N) is 2.